The lowest BCUT2D eigenvalue weighted by molar-refractivity contribution is -0.385. The van der Waals surface area contributed by atoms with Crippen molar-refractivity contribution in [3.8, 4) is 11.1 Å². The van der Waals surface area contributed by atoms with Gasteiger partial charge in [0.1, 0.15) is 0 Å². The highest BCUT2D eigenvalue weighted by atomic mass is 16.6. The molecule has 40 heavy (non-hydrogen) atoms. The Morgan fingerprint density at radius 1 is 0.550 bits per heavy atom. The average molecular weight is 527 g/mol. The monoisotopic (exact) mass is 526 g/mol. The SMILES string of the molecule is Nc1ccc(-c2c3ccccc3cc3ccc(N(c4ccc([N+](=O)[O-])cc4)c4ccc([N+](=O)[O-])cc4)cc23)cc1. The molecule has 0 fully saturated rings. The Kier molecular flexibility index (Phi) is 6.05. The van der Waals surface area contributed by atoms with Crippen molar-refractivity contribution in [1.82, 2.24) is 0 Å². The van der Waals surface area contributed by atoms with Crippen LogP contribution in [0.1, 0.15) is 0 Å². The van der Waals surface area contributed by atoms with E-state index in [9.17, 15) is 20.2 Å². The summed E-state index contributed by atoms with van der Waals surface area (Å²) in [6, 6.07) is 36.7. The normalized spacial score (nSPS) is 11.0. The lowest BCUT2D eigenvalue weighted by Gasteiger charge is -2.26. The number of non-ortho nitro benzene ring substituents is 2. The Morgan fingerprint density at radius 2 is 1.07 bits per heavy atom. The van der Waals surface area contributed by atoms with E-state index in [1.807, 2.05) is 53.4 Å². The first-order valence-electron chi connectivity index (χ1n) is 12.5. The number of rotatable bonds is 6. The van der Waals surface area contributed by atoms with Gasteiger partial charge in [0.15, 0.2) is 0 Å². The Balaban J connectivity index is 1.60. The molecule has 6 aromatic rings. The van der Waals surface area contributed by atoms with Crippen LogP contribution in [-0.2, 0) is 0 Å². The zero-order valence-corrected chi connectivity index (χ0v) is 21.1. The van der Waals surface area contributed by atoms with E-state index in [1.165, 1.54) is 24.3 Å². The zero-order valence-electron chi connectivity index (χ0n) is 21.1. The maximum atomic E-state index is 11.3. The summed E-state index contributed by atoms with van der Waals surface area (Å²) in [5, 5.41) is 26.8. The molecule has 0 bridgehead atoms. The van der Waals surface area contributed by atoms with E-state index in [0.717, 1.165) is 38.4 Å². The second-order valence-electron chi connectivity index (χ2n) is 9.38. The lowest BCUT2D eigenvalue weighted by atomic mass is 9.91. The molecule has 0 amide bonds. The van der Waals surface area contributed by atoms with Crippen molar-refractivity contribution in [2.24, 2.45) is 0 Å². The molecule has 0 saturated carbocycles. The summed E-state index contributed by atoms with van der Waals surface area (Å²) in [4.78, 5) is 23.6. The van der Waals surface area contributed by atoms with Gasteiger partial charge in [-0.05, 0) is 87.3 Å². The minimum Gasteiger partial charge on any atom is -0.399 e. The van der Waals surface area contributed by atoms with Gasteiger partial charge in [-0.25, -0.2) is 0 Å². The van der Waals surface area contributed by atoms with Crippen molar-refractivity contribution in [2.45, 2.75) is 0 Å². The number of benzene rings is 6. The fraction of sp³-hybridized carbons (Fsp3) is 0. The number of nitrogens with zero attached hydrogens (tertiary/aromatic N) is 3. The fourth-order valence-corrected chi connectivity index (χ4v) is 5.04. The average Bonchev–Trinajstić information content (AvgIpc) is 2.97. The Hall–Kier alpha value is -5.76. The van der Waals surface area contributed by atoms with E-state index in [2.05, 4.69) is 24.3 Å². The predicted octanol–water partition coefficient (Wildman–Crippen LogP) is 8.53. The van der Waals surface area contributed by atoms with Gasteiger partial charge in [-0.1, -0.05) is 42.5 Å². The standard InChI is InChI=1S/C32H22N4O4/c33-24-8-5-21(6-9-24)32-30-4-2-1-3-22(30)19-23-7-10-29(20-31(23)32)34(25-11-15-27(16-12-25)35(37)38)26-13-17-28(18-14-26)36(39)40/h1-20H,33H2. The third kappa shape index (κ3) is 4.43. The molecule has 2 N–H and O–H groups in total. The summed E-state index contributed by atoms with van der Waals surface area (Å²) in [6.45, 7) is 0. The quantitative estimate of drug-likeness (QED) is 0.101. The van der Waals surface area contributed by atoms with Gasteiger partial charge in [0.05, 0.1) is 9.85 Å². The first kappa shape index (κ1) is 24.6. The van der Waals surface area contributed by atoms with Crippen LogP contribution in [0.4, 0.5) is 34.1 Å². The molecular formula is C32H22N4O4. The number of anilines is 4. The van der Waals surface area contributed by atoms with Crippen LogP contribution in [0.15, 0.2) is 121 Å². The Morgan fingerprint density at radius 3 is 1.65 bits per heavy atom. The molecule has 8 heteroatoms. The number of fused-ring (bicyclic) bond motifs is 2. The minimum absolute atomic E-state index is 0.0250. The van der Waals surface area contributed by atoms with Gasteiger partial charge in [-0.2, -0.15) is 0 Å². The molecule has 0 aliphatic rings. The highest BCUT2D eigenvalue weighted by molar-refractivity contribution is 6.13. The van der Waals surface area contributed by atoms with Crippen molar-refractivity contribution in [2.75, 3.05) is 10.6 Å². The topological polar surface area (TPSA) is 116 Å². The molecule has 0 radical (unpaired) electrons. The van der Waals surface area contributed by atoms with Gasteiger partial charge in [0.2, 0.25) is 0 Å². The number of hydrogen-bond donors (Lipinski definition) is 1. The van der Waals surface area contributed by atoms with Gasteiger partial charge in [-0.15, -0.1) is 0 Å². The molecule has 0 saturated heterocycles. The molecule has 0 unspecified atom stereocenters. The molecule has 8 nitrogen and oxygen atoms in total. The van der Waals surface area contributed by atoms with E-state index in [-0.39, 0.29) is 11.4 Å². The molecule has 194 valence electrons. The highest BCUT2D eigenvalue weighted by Gasteiger charge is 2.18. The summed E-state index contributed by atoms with van der Waals surface area (Å²) in [5.41, 5.74) is 10.8. The number of nitro benzene ring substituents is 2. The predicted molar refractivity (Wildman–Crippen MR) is 159 cm³/mol. The molecule has 0 aliphatic carbocycles. The van der Waals surface area contributed by atoms with Crippen LogP contribution in [-0.4, -0.2) is 9.85 Å². The zero-order chi connectivity index (χ0) is 27.8. The Labute approximate surface area is 228 Å². The second kappa shape index (κ2) is 9.85. The number of nitrogens with two attached hydrogens (primary N) is 1. The number of nitrogen functional groups attached to an aromatic ring is 1. The number of hydrogen-bond acceptors (Lipinski definition) is 6. The molecule has 0 aromatic heterocycles. The molecule has 6 rings (SSSR count). The third-order valence-corrected chi connectivity index (χ3v) is 6.94. The van der Waals surface area contributed by atoms with E-state index in [4.69, 9.17) is 5.73 Å². The lowest BCUT2D eigenvalue weighted by Crippen LogP contribution is -2.10. The van der Waals surface area contributed by atoms with E-state index in [1.54, 1.807) is 24.3 Å². The summed E-state index contributed by atoms with van der Waals surface area (Å²) in [5.74, 6) is 0. The molecule has 0 heterocycles. The van der Waals surface area contributed by atoms with E-state index in [0.29, 0.717) is 17.1 Å². The molecule has 0 atom stereocenters. The van der Waals surface area contributed by atoms with Gasteiger partial charge < -0.3 is 10.6 Å². The van der Waals surface area contributed by atoms with Crippen LogP contribution in [0.2, 0.25) is 0 Å². The summed E-state index contributed by atoms with van der Waals surface area (Å²) >= 11 is 0. The van der Waals surface area contributed by atoms with Crippen molar-refractivity contribution in [3.63, 3.8) is 0 Å². The first-order valence-corrected chi connectivity index (χ1v) is 12.5. The number of nitro groups is 2. The highest BCUT2D eigenvalue weighted by Crippen LogP contribution is 2.42. The molecule has 6 aromatic carbocycles. The first-order chi connectivity index (χ1) is 19.4. The second-order valence-corrected chi connectivity index (χ2v) is 9.38. The summed E-state index contributed by atoms with van der Waals surface area (Å²) < 4.78 is 0. The smallest absolute Gasteiger partial charge is 0.269 e. The van der Waals surface area contributed by atoms with Crippen molar-refractivity contribution >= 4 is 55.7 Å². The third-order valence-electron chi connectivity index (χ3n) is 6.94. The molecule has 0 spiro atoms. The van der Waals surface area contributed by atoms with Crippen LogP contribution in [0.5, 0.6) is 0 Å². The van der Waals surface area contributed by atoms with Crippen LogP contribution >= 0.6 is 0 Å². The van der Waals surface area contributed by atoms with Gasteiger partial charge >= 0.3 is 0 Å². The largest absolute Gasteiger partial charge is 0.399 e. The van der Waals surface area contributed by atoms with Crippen LogP contribution < -0.4 is 10.6 Å². The maximum absolute atomic E-state index is 11.3. The fourth-order valence-electron chi connectivity index (χ4n) is 5.04. The Bertz CT molecular complexity index is 1840. The van der Waals surface area contributed by atoms with Gasteiger partial charge in [0, 0.05) is 47.0 Å². The molecular weight excluding hydrogens is 504 g/mol. The maximum Gasteiger partial charge on any atom is 0.269 e. The van der Waals surface area contributed by atoms with Crippen LogP contribution in [0.25, 0.3) is 32.7 Å². The van der Waals surface area contributed by atoms with Crippen molar-refractivity contribution in [1.29, 1.82) is 0 Å². The molecule has 0 aliphatic heterocycles. The van der Waals surface area contributed by atoms with Gasteiger partial charge in [0.25, 0.3) is 11.4 Å². The minimum atomic E-state index is -0.444. The van der Waals surface area contributed by atoms with Crippen LogP contribution in [0, 0.1) is 20.2 Å². The van der Waals surface area contributed by atoms with Crippen molar-refractivity contribution < 1.29 is 9.85 Å². The summed E-state index contributed by atoms with van der Waals surface area (Å²) in [6.07, 6.45) is 0. The van der Waals surface area contributed by atoms with Crippen LogP contribution in [0.3, 0.4) is 0 Å². The van der Waals surface area contributed by atoms with E-state index >= 15 is 0 Å². The van der Waals surface area contributed by atoms with Gasteiger partial charge in [-0.3, -0.25) is 20.2 Å². The van der Waals surface area contributed by atoms with Crippen molar-refractivity contribution in [3.05, 3.63) is 142 Å². The summed E-state index contributed by atoms with van der Waals surface area (Å²) in [7, 11) is 0. The van der Waals surface area contributed by atoms with E-state index < -0.39 is 9.85 Å².